The van der Waals surface area contributed by atoms with Gasteiger partial charge in [0.2, 0.25) is 0 Å². The molecule has 5 rings (SSSR count). The van der Waals surface area contributed by atoms with E-state index in [1.54, 1.807) is 0 Å². The number of ether oxygens (including phenoxy) is 2. The van der Waals surface area contributed by atoms with Gasteiger partial charge in [0.1, 0.15) is 18.3 Å². The van der Waals surface area contributed by atoms with Crippen LogP contribution in [-0.2, 0) is 11.2 Å². The summed E-state index contributed by atoms with van der Waals surface area (Å²) < 4.78 is 13.3. The van der Waals surface area contributed by atoms with Crippen molar-refractivity contribution in [2.75, 3.05) is 5.73 Å². The van der Waals surface area contributed by atoms with Crippen molar-refractivity contribution >= 4 is 17.0 Å². The number of H-pyrrole nitrogens is 1. The lowest BCUT2D eigenvalue weighted by molar-refractivity contribution is -0.0350. The van der Waals surface area contributed by atoms with Crippen LogP contribution in [0.4, 0.5) is 5.82 Å². The SMILES string of the molecule is Nc1nc(OC2CCCC2)nc2c1ncn2[C@@H]1O[C@H](Cc2nn[nH]n2)[C@@H](O)[C@H]1O. The van der Waals surface area contributed by atoms with Crippen LogP contribution in [0, 0.1) is 0 Å². The lowest BCUT2D eigenvalue weighted by atomic mass is 10.1. The minimum atomic E-state index is -1.21. The van der Waals surface area contributed by atoms with E-state index in [0.29, 0.717) is 17.0 Å². The number of rotatable bonds is 5. The highest BCUT2D eigenvalue weighted by Gasteiger charge is 2.44. The van der Waals surface area contributed by atoms with E-state index < -0.39 is 24.5 Å². The zero-order valence-electron chi connectivity index (χ0n) is 15.4. The molecule has 0 aromatic carbocycles. The Kier molecular flexibility index (Phi) is 4.49. The molecule has 3 aromatic heterocycles. The zero-order chi connectivity index (χ0) is 20.0. The Bertz CT molecular complexity index is 988. The van der Waals surface area contributed by atoms with E-state index in [0.717, 1.165) is 25.7 Å². The van der Waals surface area contributed by atoms with Gasteiger partial charge in [-0.15, -0.1) is 10.2 Å². The second kappa shape index (κ2) is 7.17. The van der Waals surface area contributed by atoms with E-state index in [9.17, 15) is 10.2 Å². The van der Waals surface area contributed by atoms with Crippen molar-refractivity contribution in [3.8, 4) is 6.01 Å². The number of aliphatic hydroxyl groups is 2. The standard InChI is InChI=1S/C16H21N9O4/c17-13-10-14(20-16(19-13)28-7-3-1-2-4-7)25(6-18-10)15-12(27)11(26)8(29-15)5-9-21-23-24-22-9/h6-8,11-12,15,26-27H,1-5H2,(H2,17,19,20)(H,21,22,23,24)/t8-,11-,12-,15-/m1/s1. The highest BCUT2D eigenvalue weighted by Crippen LogP contribution is 2.34. The molecule has 154 valence electrons. The van der Waals surface area contributed by atoms with Gasteiger partial charge >= 0.3 is 6.01 Å². The number of nitrogens with two attached hydrogens (primary N) is 1. The summed E-state index contributed by atoms with van der Waals surface area (Å²) in [6.45, 7) is 0. The Morgan fingerprint density at radius 3 is 2.83 bits per heavy atom. The molecular weight excluding hydrogens is 382 g/mol. The van der Waals surface area contributed by atoms with E-state index in [-0.39, 0.29) is 24.4 Å². The first kappa shape index (κ1) is 18.1. The highest BCUT2D eigenvalue weighted by molar-refractivity contribution is 5.82. The minimum Gasteiger partial charge on any atom is -0.460 e. The smallest absolute Gasteiger partial charge is 0.320 e. The number of aromatic nitrogens is 8. The number of fused-ring (bicyclic) bond motifs is 1. The number of nitrogen functional groups attached to an aromatic ring is 1. The maximum atomic E-state index is 10.6. The average molecular weight is 403 g/mol. The third kappa shape index (κ3) is 3.26. The van der Waals surface area contributed by atoms with Crippen molar-refractivity contribution in [2.24, 2.45) is 0 Å². The van der Waals surface area contributed by atoms with Crippen LogP contribution in [-0.4, -0.2) is 74.8 Å². The number of hydrogen-bond acceptors (Lipinski definition) is 11. The number of nitrogens with zero attached hydrogens (tertiary/aromatic N) is 7. The highest BCUT2D eigenvalue weighted by atomic mass is 16.6. The fourth-order valence-electron chi connectivity index (χ4n) is 3.89. The van der Waals surface area contributed by atoms with Gasteiger partial charge in [-0.05, 0) is 25.7 Å². The first-order valence-corrected chi connectivity index (χ1v) is 9.51. The molecule has 13 nitrogen and oxygen atoms in total. The number of aromatic amines is 1. The van der Waals surface area contributed by atoms with E-state index >= 15 is 0 Å². The number of nitrogens with one attached hydrogen (secondary N) is 1. The predicted molar refractivity (Wildman–Crippen MR) is 96.4 cm³/mol. The maximum absolute atomic E-state index is 10.6. The van der Waals surface area contributed by atoms with Crippen LogP contribution < -0.4 is 10.5 Å². The molecule has 13 heteroatoms. The van der Waals surface area contributed by atoms with Gasteiger partial charge in [0.25, 0.3) is 0 Å². The minimum absolute atomic E-state index is 0.0673. The van der Waals surface area contributed by atoms with Crippen molar-refractivity contribution in [2.45, 2.75) is 62.7 Å². The second-order valence-electron chi connectivity index (χ2n) is 7.32. The molecule has 5 N–H and O–H groups in total. The van der Waals surface area contributed by atoms with Gasteiger partial charge in [-0.1, -0.05) is 5.21 Å². The molecule has 2 fully saturated rings. The van der Waals surface area contributed by atoms with Gasteiger partial charge in [-0.3, -0.25) is 4.57 Å². The number of imidazole rings is 1. The molecule has 0 bridgehead atoms. The monoisotopic (exact) mass is 403 g/mol. The first-order valence-electron chi connectivity index (χ1n) is 9.51. The number of anilines is 1. The number of aliphatic hydroxyl groups excluding tert-OH is 2. The summed E-state index contributed by atoms with van der Waals surface area (Å²) in [5, 5.41) is 34.5. The first-order chi connectivity index (χ1) is 14.1. The molecule has 1 aliphatic heterocycles. The Balaban J connectivity index is 1.43. The second-order valence-corrected chi connectivity index (χ2v) is 7.32. The van der Waals surface area contributed by atoms with Crippen LogP contribution >= 0.6 is 0 Å². The topological polar surface area (TPSA) is 183 Å². The predicted octanol–water partition coefficient (Wildman–Crippen LogP) is -0.895. The lowest BCUT2D eigenvalue weighted by Crippen LogP contribution is -2.32. The summed E-state index contributed by atoms with van der Waals surface area (Å²) >= 11 is 0. The Morgan fingerprint density at radius 2 is 2.07 bits per heavy atom. The molecule has 4 heterocycles. The quantitative estimate of drug-likeness (QED) is 0.414. The van der Waals surface area contributed by atoms with E-state index in [2.05, 4.69) is 35.6 Å². The van der Waals surface area contributed by atoms with Crippen molar-refractivity contribution in [3.05, 3.63) is 12.2 Å². The number of hydrogen-bond donors (Lipinski definition) is 4. The van der Waals surface area contributed by atoms with Gasteiger partial charge in [0.15, 0.2) is 29.0 Å². The van der Waals surface area contributed by atoms with Crippen LogP contribution in [0.5, 0.6) is 6.01 Å². The lowest BCUT2D eigenvalue weighted by Gasteiger charge is -2.17. The number of tetrazole rings is 1. The fourth-order valence-corrected chi connectivity index (χ4v) is 3.89. The summed E-state index contributed by atoms with van der Waals surface area (Å²) in [5.41, 5.74) is 6.77. The van der Waals surface area contributed by atoms with E-state index in [4.69, 9.17) is 15.2 Å². The van der Waals surface area contributed by atoms with E-state index in [1.165, 1.54) is 10.9 Å². The van der Waals surface area contributed by atoms with E-state index in [1.807, 2.05) is 0 Å². The molecule has 1 saturated heterocycles. The molecule has 3 aromatic rings. The van der Waals surface area contributed by atoms with Crippen molar-refractivity contribution in [1.29, 1.82) is 0 Å². The van der Waals surface area contributed by atoms with Crippen LogP contribution in [0.3, 0.4) is 0 Å². The van der Waals surface area contributed by atoms with Crippen LogP contribution in [0.25, 0.3) is 11.2 Å². The van der Waals surface area contributed by atoms with Crippen LogP contribution in [0.2, 0.25) is 0 Å². The molecule has 0 spiro atoms. The molecule has 0 amide bonds. The van der Waals surface area contributed by atoms with Crippen LogP contribution in [0.15, 0.2) is 6.33 Å². The normalized spacial score (nSPS) is 27.8. The van der Waals surface area contributed by atoms with Crippen molar-refractivity contribution in [3.63, 3.8) is 0 Å². The molecule has 2 aliphatic rings. The molecule has 1 aliphatic carbocycles. The van der Waals surface area contributed by atoms with Crippen molar-refractivity contribution in [1.82, 2.24) is 40.1 Å². The Morgan fingerprint density at radius 1 is 1.24 bits per heavy atom. The van der Waals surface area contributed by atoms with Gasteiger partial charge in [0.05, 0.1) is 12.4 Å². The Labute approximate surface area is 164 Å². The third-order valence-corrected chi connectivity index (χ3v) is 5.39. The molecule has 4 atom stereocenters. The van der Waals surface area contributed by atoms with Crippen LogP contribution in [0.1, 0.15) is 37.7 Å². The molecule has 0 unspecified atom stereocenters. The molecule has 0 radical (unpaired) electrons. The largest absolute Gasteiger partial charge is 0.460 e. The van der Waals surface area contributed by atoms with Gasteiger partial charge in [0, 0.05) is 6.42 Å². The Hall–Kier alpha value is -2.90. The third-order valence-electron chi connectivity index (χ3n) is 5.39. The van der Waals surface area contributed by atoms with Crippen molar-refractivity contribution < 1.29 is 19.7 Å². The summed E-state index contributed by atoms with van der Waals surface area (Å²) in [5.74, 6) is 0.550. The van der Waals surface area contributed by atoms with Gasteiger partial charge in [-0.25, -0.2) is 4.98 Å². The zero-order valence-corrected chi connectivity index (χ0v) is 15.4. The molecular formula is C16H21N9O4. The molecule has 1 saturated carbocycles. The average Bonchev–Trinajstić information content (AvgIpc) is 3.48. The van der Waals surface area contributed by atoms with Gasteiger partial charge in [-0.2, -0.15) is 15.2 Å². The maximum Gasteiger partial charge on any atom is 0.320 e. The molecule has 29 heavy (non-hydrogen) atoms. The van der Waals surface area contributed by atoms with Gasteiger partial charge < -0.3 is 25.4 Å². The summed E-state index contributed by atoms with van der Waals surface area (Å²) in [6.07, 6.45) is 1.84. The summed E-state index contributed by atoms with van der Waals surface area (Å²) in [7, 11) is 0. The summed E-state index contributed by atoms with van der Waals surface area (Å²) in [4.78, 5) is 12.9. The fraction of sp³-hybridized carbons (Fsp3) is 0.625. The summed E-state index contributed by atoms with van der Waals surface area (Å²) in [6, 6.07) is 0.167.